The summed E-state index contributed by atoms with van der Waals surface area (Å²) in [5.74, 6) is 0.304. The Labute approximate surface area is 254 Å². The van der Waals surface area contributed by atoms with Gasteiger partial charge in [0, 0.05) is 7.11 Å². The summed E-state index contributed by atoms with van der Waals surface area (Å²) in [7, 11) is 1.67. The second-order valence-corrected chi connectivity index (χ2v) is 9.08. The maximum absolute atomic E-state index is 14.6. The number of nitrogens with one attached hydrogen (secondary N) is 1. The first-order valence-corrected chi connectivity index (χ1v) is 15.2. The Kier molecular flexibility index (Phi) is 15.0. The number of aromatic nitrogens is 6. The van der Waals surface area contributed by atoms with Crippen LogP contribution < -0.4 is 10.9 Å². The van der Waals surface area contributed by atoms with E-state index in [9.17, 15) is 9.18 Å². The van der Waals surface area contributed by atoms with Gasteiger partial charge in [0.15, 0.2) is 17.0 Å². The summed E-state index contributed by atoms with van der Waals surface area (Å²) in [6.45, 7) is 14.5. The molecule has 10 heteroatoms. The van der Waals surface area contributed by atoms with Crippen molar-refractivity contribution in [3.8, 4) is 5.69 Å². The second kappa shape index (κ2) is 18.4. The van der Waals surface area contributed by atoms with Crippen molar-refractivity contribution in [1.82, 2.24) is 29.1 Å². The van der Waals surface area contributed by atoms with Crippen LogP contribution in [0.15, 0.2) is 66.0 Å². The van der Waals surface area contributed by atoms with Gasteiger partial charge in [-0.25, -0.2) is 24.3 Å². The molecule has 5 rings (SSSR count). The molecule has 0 radical (unpaired) electrons. The molecular weight excluding hydrogens is 545 g/mol. The van der Waals surface area contributed by atoms with Gasteiger partial charge in [-0.3, -0.25) is 13.9 Å². The number of nitrogens with zero attached hydrogens (tertiary/aromatic N) is 6. The van der Waals surface area contributed by atoms with Gasteiger partial charge in [-0.1, -0.05) is 85.6 Å². The molecule has 0 aliphatic carbocycles. The van der Waals surface area contributed by atoms with Crippen molar-refractivity contribution in [2.45, 2.75) is 86.9 Å². The summed E-state index contributed by atoms with van der Waals surface area (Å²) in [5.41, 5.74) is 1.63. The molecule has 0 spiro atoms. The molecule has 0 aliphatic heterocycles. The van der Waals surface area contributed by atoms with Gasteiger partial charge in [0.05, 0.1) is 24.1 Å². The Morgan fingerprint density at radius 3 is 2.30 bits per heavy atom. The molecule has 0 saturated heterocycles. The average molecular weight is 592 g/mol. The zero-order chi connectivity index (χ0) is 31.8. The zero-order valence-corrected chi connectivity index (χ0v) is 26.8. The highest BCUT2D eigenvalue weighted by Gasteiger charge is 2.19. The number of ether oxygens (including phenoxy) is 1. The molecule has 0 amide bonds. The van der Waals surface area contributed by atoms with Gasteiger partial charge >= 0.3 is 0 Å². The number of unbranched alkanes of at least 4 members (excludes halogenated alkanes) is 1. The molecule has 1 N–H and O–H groups in total. The molecule has 1 atom stereocenters. The first-order valence-electron chi connectivity index (χ1n) is 15.2. The summed E-state index contributed by atoms with van der Waals surface area (Å²) in [6, 6.07) is 13.5. The maximum Gasteiger partial charge on any atom is 0.269 e. The van der Waals surface area contributed by atoms with Gasteiger partial charge in [0.25, 0.3) is 5.56 Å². The Hall–Kier alpha value is -4.18. The van der Waals surface area contributed by atoms with Crippen molar-refractivity contribution < 1.29 is 9.13 Å². The predicted octanol–water partition coefficient (Wildman–Crippen LogP) is 8.08. The smallest absolute Gasteiger partial charge is 0.269 e. The lowest BCUT2D eigenvalue weighted by molar-refractivity contribution is 0.0379. The number of anilines is 1. The fourth-order valence-corrected chi connectivity index (χ4v) is 4.30. The third-order valence-corrected chi connectivity index (χ3v) is 6.09. The normalized spacial score (nSPS) is 11.0. The number of halogens is 1. The third kappa shape index (κ3) is 8.44. The maximum atomic E-state index is 14.6. The van der Waals surface area contributed by atoms with E-state index in [1.807, 2.05) is 50.5 Å². The molecule has 5 aromatic rings. The summed E-state index contributed by atoms with van der Waals surface area (Å²) in [5, 5.41) is 3.20. The van der Waals surface area contributed by atoms with E-state index in [-0.39, 0.29) is 18.2 Å². The second-order valence-electron chi connectivity index (χ2n) is 9.08. The summed E-state index contributed by atoms with van der Waals surface area (Å²) < 4.78 is 23.5. The minimum atomic E-state index is -0.604. The van der Waals surface area contributed by atoms with E-state index in [0.717, 1.165) is 19.3 Å². The summed E-state index contributed by atoms with van der Waals surface area (Å²) >= 11 is 0. The van der Waals surface area contributed by atoms with Crippen molar-refractivity contribution in [1.29, 1.82) is 0 Å². The number of para-hydroxylation sites is 1. The largest absolute Gasteiger partial charge is 0.361 e. The van der Waals surface area contributed by atoms with Gasteiger partial charge in [0.1, 0.15) is 29.6 Å². The predicted molar refractivity (Wildman–Crippen MR) is 174 cm³/mol. The minimum absolute atomic E-state index is 0.0500. The lowest BCUT2D eigenvalue weighted by Gasteiger charge is -2.17. The first kappa shape index (κ1) is 35.0. The van der Waals surface area contributed by atoms with Crippen LogP contribution in [-0.4, -0.2) is 36.2 Å². The van der Waals surface area contributed by atoms with Crippen LogP contribution in [0, 0.1) is 5.82 Å². The molecule has 232 valence electrons. The van der Waals surface area contributed by atoms with E-state index in [2.05, 4.69) is 46.0 Å². The van der Waals surface area contributed by atoms with E-state index in [1.165, 1.54) is 23.4 Å². The number of imidazole rings is 1. The lowest BCUT2D eigenvalue weighted by Crippen LogP contribution is -2.26. The van der Waals surface area contributed by atoms with Gasteiger partial charge in [0.2, 0.25) is 0 Å². The van der Waals surface area contributed by atoms with E-state index < -0.39 is 11.4 Å². The summed E-state index contributed by atoms with van der Waals surface area (Å²) in [6.07, 6.45) is 7.14. The van der Waals surface area contributed by atoms with Crippen molar-refractivity contribution >= 4 is 27.9 Å². The van der Waals surface area contributed by atoms with E-state index in [0.29, 0.717) is 34.0 Å². The lowest BCUT2D eigenvalue weighted by atomic mass is 10.2. The zero-order valence-electron chi connectivity index (χ0n) is 26.8. The molecule has 9 nitrogen and oxygen atoms in total. The topological polar surface area (TPSA) is 99.8 Å². The van der Waals surface area contributed by atoms with Crippen LogP contribution in [0.4, 0.5) is 10.2 Å². The third-order valence-electron chi connectivity index (χ3n) is 6.09. The molecular formula is C33H46FN7O2. The number of methoxy groups -OCH3 is 1. The number of hydrogen-bond acceptors (Lipinski definition) is 7. The fourth-order valence-electron chi connectivity index (χ4n) is 4.30. The number of hydrogen-bond donors (Lipinski definition) is 1. The highest BCUT2D eigenvalue weighted by atomic mass is 19.1. The van der Waals surface area contributed by atoms with Gasteiger partial charge in [-0.2, -0.15) is 0 Å². The van der Waals surface area contributed by atoms with Gasteiger partial charge in [-0.05, 0) is 37.1 Å². The van der Waals surface area contributed by atoms with Crippen LogP contribution in [-0.2, 0) is 11.3 Å². The van der Waals surface area contributed by atoms with Crippen LogP contribution >= 0.6 is 0 Å². The van der Waals surface area contributed by atoms with E-state index >= 15 is 0 Å². The minimum Gasteiger partial charge on any atom is -0.361 e. The van der Waals surface area contributed by atoms with E-state index in [4.69, 9.17) is 4.74 Å². The average Bonchev–Trinajstić information content (AvgIpc) is 3.48. The van der Waals surface area contributed by atoms with Gasteiger partial charge < -0.3 is 10.1 Å². The Morgan fingerprint density at radius 2 is 1.65 bits per heavy atom. The van der Waals surface area contributed by atoms with Crippen LogP contribution in [0.5, 0.6) is 0 Å². The Bertz CT molecular complexity index is 1590. The quantitative estimate of drug-likeness (QED) is 0.185. The van der Waals surface area contributed by atoms with Crippen LogP contribution in [0.3, 0.4) is 0 Å². The van der Waals surface area contributed by atoms with Crippen LogP contribution in [0.25, 0.3) is 27.8 Å². The van der Waals surface area contributed by atoms with Crippen molar-refractivity contribution in [3.05, 3.63) is 83.2 Å². The monoisotopic (exact) mass is 591 g/mol. The fraction of sp³-hybridized carbons (Fsp3) is 0.424. The Balaban J connectivity index is 0.000000853. The molecule has 0 saturated carbocycles. The highest BCUT2D eigenvalue weighted by Crippen LogP contribution is 2.25. The molecule has 0 bridgehead atoms. The molecule has 3 heterocycles. The molecule has 3 aromatic heterocycles. The Morgan fingerprint density at radius 1 is 0.953 bits per heavy atom. The number of rotatable bonds is 9. The van der Waals surface area contributed by atoms with E-state index in [1.54, 1.807) is 37.7 Å². The number of fused-ring (bicyclic) bond motifs is 2. The highest BCUT2D eigenvalue weighted by molar-refractivity contribution is 5.83. The summed E-state index contributed by atoms with van der Waals surface area (Å²) in [4.78, 5) is 31.3. The van der Waals surface area contributed by atoms with Crippen LogP contribution in [0.2, 0.25) is 0 Å². The van der Waals surface area contributed by atoms with Gasteiger partial charge in [-0.15, -0.1) is 0 Å². The molecule has 0 aliphatic rings. The first-order chi connectivity index (χ1) is 21.0. The SMILES string of the molecule is CC.CC.CCC.CCCCC(OC)n1cnc2c(NCc3nc4cccc(F)c4c(=O)n3-c3ccccc3)ncnc21. The van der Waals surface area contributed by atoms with Crippen molar-refractivity contribution in [2.75, 3.05) is 12.4 Å². The standard InChI is InChI=1S/C26H26FN7O2.C3H8.2C2H6/c1-3-4-13-21(36-2)33-16-31-23-24(29-15-30-25(23)33)28-14-20-32-19-12-8-11-18(27)22(19)26(35)34(20)17-9-6-5-7-10-17;1-3-2;2*1-2/h5-12,15-16,21H,3-4,13-14H2,1-2H3,(H,28,29,30);3H2,1-2H3;2*1-2H3. The number of benzene rings is 2. The van der Waals surface area contributed by atoms with Crippen LogP contribution in [0.1, 0.15) is 86.2 Å². The van der Waals surface area contributed by atoms with Crippen molar-refractivity contribution in [2.24, 2.45) is 0 Å². The molecule has 1 unspecified atom stereocenters. The molecule has 43 heavy (non-hydrogen) atoms. The molecule has 2 aromatic carbocycles. The molecule has 0 fully saturated rings. The van der Waals surface area contributed by atoms with Crippen molar-refractivity contribution in [3.63, 3.8) is 0 Å².